The molecule has 5 rings (SSSR count). The van der Waals surface area contributed by atoms with Crippen molar-refractivity contribution in [1.29, 1.82) is 0 Å². The van der Waals surface area contributed by atoms with E-state index in [1.165, 1.54) is 31.7 Å². The number of fused-ring (bicyclic) bond motifs is 3. The van der Waals surface area contributed by atoms with Crippen molar-refractivity contribution >= 4 is 29.9 Å². The van der Waals surface area contributed by atoms with E-state index in [1.807, 2.05) is 11.6 Å². The minimum atomic E-state index is 0. The minimum Gasteiger partial charge on any atom is -0.357 e. The van der Waals surface area contributed by atoms with Gasteiger partial charge in [-0.1, -0.05) is 18.2 Å². The average Bonchev–Trinajstić information content (AvgIpc) is 3.09. The Hall–Kier alpha value is -1.65. The van der Waals surface area contributed by atoms with Gasteiger partial charge in [-0.25, -0.2) is 9.67 Å². The van der Waals surface area contributed by atoms with Gasteiger partial charge in [0.05, 0.1) is 17.9 Å². The number of para-hydroxylation sites is 1. The maximum Gasteiger partial charge on any atom is 0.191 e. The predicted molar refractivity (Wildman–Crippen MR) is 133 cm³/mol. The molecule has 0 radical (unpaired) electrons. The highest BCUT2D eigenvalue weighted by Crippen LogP contribution is 2.18. The Labute approximate surface area is 196 Å². The number of aliphatic imine (C=N–C) groups is 1. The third kappa shape index (κ3) is 5.33. The Morgan fingerprint density at radius 1 is 1.13 bits per heavy atom. The van der Waals surface area contributed by atoms with Crippen molar-refractivity contribution in [3.8, 4) is 5.69 Å². The first-order chi connectivity index (χ1) is 14.1. The Morgan fingerprint density at radius 3 is 2.53 bits per heavy atom. The standard InChI is InChI=1S/C22H33N7.HI/c1-4-23-22(25-15-20-16-27-9-11-28(20)12-10-27)24-14-19-7-5-6-8-21(19)29-18(3)13-17(2)26-29;/h5-8,13,20H,4,9-12,14-16H2,1-3H3,(H2,23,24,25);1H. The fourth-order valence-electron chi connectivity index (χ4n) is 4.36. The van der Waals surface area contributed by atoms with Crippen LogP contribution in [0.25, 0.3) is 5.69 Å². The second kappa shape index (κ2) is 10.6. The molecular weight excluding hydrogens is 489 g/mol. The maximum absolute atomic E-state index is 4.87. The molecule has 3 aliphatic rings. The summed E-state index contributed by atoms with van der Waals surface area (Å²) in [6.45, 7) is 14.6. The van der Waals surface area contributed by atoms with Crippen molar-refractivity contribution in [2.75, 3.05) is 45.8 Å². The SMILES string of the molecule is CCNC(=NCc1ccccc1-n1nc(C)cc1C)NCC1CN2CCN1CC2.I. The molecule has 2 aromatic rings. The summed E-state index contributed by atoms with van der Waals surface area (Å²) < 4.78 is 2.01. The van der Waals surface area contributed by atoms with E-state index in [9.17, 15) is 0 Å². The van der Waals surface area contributed by atoms with E-state index in [0.29, 0.717) is 12.6 Å². The van der Waals surface area contributed by atoms with Gasteiger partial charge in [-0.05, 0) is 38.5 Å². The van der Waals surface area contributed by atoms with Crippen LogP contribution in [-0.2, 0) is 6.54 Å². The van der Waals surface area contributed by atoms with Crippen molar-refractivity contribution in [3.05, 3.63) is 47.3 Å². The summed E-state index contributed by atoms with van der Waals surface area (Å²) in [6.07, 6.45) is 0. The lowest BCUT2D eigenvalue weighted by Gasteiger charge is -2.47. The van der Waals surface area contributed by atoms with E-state index in [4.69, 9.17) is 4.99 Å². The molecule has 3 aliphatic heterocycles. The van der Waals surface area contributed by atoms with Crippen molar-refractivity contribution in [2.45, 2.75) is 33.4 Å². The molecule has 7 nitrogen and oxygen atoms in total. The van der Waals surface area contributed by atoms with Gasteiger partial charge < -0.3 is 10.6 Å². The van der Waals surface area contributed by atoms with Gasteiger partial charge in [-0.2, -0.15) is 5.10 Å². The molecule has 4 heterocycles. The first-order valence-corrected chi connectivity index (χ1v) is 10.7. The van der Waals surface area contributed by atoms with Crippen LogP contribution in [0.1, 0.15) is 23.9 Å². The van der Waals surface area contributed by atoms with Crippen LogP contribution in [0.4, 0.5) is 0 Å². The number of halogens is 1. The van der Waals surface area contributed by atoms with Crippen molar-refractivity contribution in [2.24, 2.45) is 4.99 Å². The fraction of sp³-hybridized carbons (Fsp3) is 0.545. The van der Waals surface area contributed by atoms with Crippen LogP contribution in [0, 0.1) is 13.8 Å². The predicted octanol–water partition coefficient (Wildman–Crippen LogP) is 2.16. The highest BCUT2D eigenvalue weighted by molar-refractivity contribution is 14.0. The number of nitrogens with zero attached hydrogens (tertiary/aromatic N) is 5. The first kappa shape index (κ1) is 23.0. The summed E-state index contributed by atoms with van der Waals surface area (Å²) >= 11 is 0. The van der Waals surface area contributed by atoms with Crippen molar-refractivity contribution < 1.29 is 0 Å². The molecular formula is C22H34IN7. The lowest BCUT2D eigenvalue weighted by molar-refractivity contribution is 0.0154. The molecule has 0 saturated carbocycles. The van der Waals surface area contributed by atoms with Crippen LogP contribution in [0.3, 0.4) is 0 Å². The summed E-state index contributed by atoms with van der Waals surface area (Å²) in [7, 11) is 0. The van der Waals surface area contributed by atoms with Crippen LogP contribution in [0.2, 0.25) is 0 Å². The fourth-order valence-corrected chi connectivity index (χ4v) is 4.36. The van der Waals surface area contributed by atoms with Gasteiger partial charge in [0.1, 0.15) is 0 Å². The Kier molecular flexibility index (Phi) is 8.13. The van der Waals surface area contributed by atoms with Gasteiger partial charge >= 0.3 is 0 Å². The molecule has 164 valence electrons. The van der Waals surface area contributed by atoms with Gasteiger partial charge in [-0.3, -0.25) is 9.80 Å². The smallest absolute Gasteiger partial charge is 0.191 e. The number of aryl methyl sites for hydroxylation is 2. The molecule has 3 fully saturated rings. The topological polar surface area (TPSA) is 60.7 Å². The summed E-state index contributed by atoms with van der Waals surface area (Å²) in [5.74, 6) is 0.883. The van der Waals surface area contributed by atoms with Gasteiger partial charge in [0.2, 0.25) is 0 Å². The molecule has 0 amide bonds. The maximum atomic E-state index is 4.87. The molecule has 1 unspecified atom stereocenters. The number of benzene rings is 1. The third-order valence-corrected chi connectivity index (χ3v) is 5.88. The monoisotopic (exact) mass is 523 g/mol. The van der Waals surface area contributed by atoms with Crippen LogP contribution in [-0.4, -0.2) is 77.4 Å². The number of hydrogen-bond donors (Lipinski definition) is 2. The molecule has 1 atom stereocenters. The van der Waals surface area contributed by atoms with Crippen molar-refractivity contribution in [3.63, 3.8) is 0 Å². The third-order valence-electron chi connectivity index (χ3n) is 5.88. The lowest BCUT2D eigenvalue weighted by atomic mass is 10.1. The molecule has 30 heavy (non-hydrogen) atoms. The number of guanidine groups is 1. The van der Waals surface area contributed by atoms with Gasteiger partial charge in [-0.15, -0.1) is 24.0 Å². The van der Waals surface area contributed by atoms with E-state index in [0.717, 1.165) is 42.7 Å². The van der Waals surface area contributed by atoms with Gasteiger partial charge in [0, 0.05) is 57.5 Å². The van der Waals surface area contributed by atoms with Crippen molar-refractivity contribution in [1.82, 2.24) is 30.2 Å². The highest BCUT2D eigenvalue weighted by Gasteiger charge is 2.31. The quantitative estimate of drug-likeness (QED) is 0.346. The average molecular weight is 523 g/mol. The molecule has 2 N–H and O–H groups in total. The summed E-state index contributed by atoms with van der Waals surface area (Å²) in [4.78, 5) is 10.1. The molecule has 8 heteroatoms. The Bertz CT molecular complexity index is 855. The summed E-state index contributed by atoms with van der Waals surface area (Å²) in [5.41, 5.74) is 4.44. The normalized spacial score (nSPS) is 23.2. The zero-order valence-electron chi connectivity index (χ0n) is 18.3. The number of rotatable bonds is 6. The molecule has 3 saturated heterocycles. The zero-order chi connectivity index (χ0) is 20.2. The second-order valence-electron chi connectivity index (χ2n) is 8.03. The molecule has 0 aliphatic carbocycles. The number of hydrogen-bond acceptors (Lipinski definition) is 4. The van der Waals surface area contributed by atoms with Gasteiger partial charge in [0.15, 0.2) is 5.96 Å². The number of aromatic nitrogens is 2. The summed E-state index contributed by atoms with van der Waals surface area (Å²) in [6, 6.07) is 11.1. The van der Waals surface area contributed by atoms with E-state index in [-0.39, 0.29) is 24.0 Å². The van der Waals surface area contributed by atoms with E-state index < -0.39 is 0 Å². The molecule has 1 aromatic carbocycles. The minimum absolute atomic E-state index is 0. The molecule has 2 bridgehead atoms. The Balaban J connectivity index is 0.00000256. The number of nitrogens with one attached hydrogen (secondary N) is 2. The van der Waals surface area contributed by atoms with E-state index >= 15 is 0 Å². The van der Waals surface area contributed by atoms with Crippen LogP contribution in [0.5, 0.6) is 0 Å². The first-order valence-electron chi connectivity index (χ1n) is 10.7. The molecule has 0 spiro atoms. The van der Waals surface area contributed by atoms with E-state index in [1.54, 1.807) is 0 Å². The summed E-state index contributed by atoms with van der Waals surface area (Å²) in [5, 5.41) is 11.6. The number of piperazine rings is 3. The highest BCUT2D eigenvalue weighted by atomic mass is 127. The van der Waals surface area contributed by atoms with Crippen LogP contribution >= 0.6 is 24.0 Å². The Morgan fingerprint density at radius 2 is 1.90 bits per heavy atom. The lowest BCUT2D eigenvalue weighted by Crippen LogP contribution is -2.63. The second-order valence-corrected chi connectivity index (χ2v) is 8.03. The molecule has 1 aromatic heterocycles. The van der Waals surface area contributed by atoms with Crippen LogP contribution < -0.4 is 10.6 Å². The van der Waals surface area contributed by atoms with Gasteiger partial charge in [0.25, 0.3) is 0 Å². The van der Waals surface area contributed by atoms with E-state index in [2.05, 4.69) is 69.7 Å². The van der Waals surface area contributed by atoms with Crippen LogP contribution in [0.15, 0.2) is 35.3 Å². The zero-order valence-corrected chi connectivity index (χ0v) is 20.6. The largest absolute Gasteiger partial charge is 0.357 e.